The number of hydrogen-bond donors (Lipinski definition) is 2. The molecular formula is C11H21N3O3. The molecule has 0 aromatic carbocycles. The molecule has 0 saturated carbocycles. The van der Waals surface area contributed by atoms with E-state index in [0.717, 1.165) is 6.54 Å². The van der Waals surface area contributed by atoms with Gasteiger partial charge in [-0.05, 0) is 13.8 Å². The van der Waals surface area contributed by atoms with Gasteiger partial charge in [0.1, 0.15) is 6.04 Å². The Morgan fingerprint density at radius 1 is 1.47 bits per heavy atom. The maximum absolute atomic E-state index is 11.8. The normalized spacial score (nSPS) is 20.9. The Bertz CT molecular complexity index is 271. The van der Waals surface area contributed by atoms with Gasteiger partial charge in [-0.1, -0.05) is 0 Å². The maximum atomic E-state index is 11.8. The highest BCUT2D eigenvalue weighted by Crippen LogP contribution is 2.03. The summed E-state index contributed by atoms with van der Waals surface area (Å²) in [4.78, 5) is 25.1. The molecule has 17 heavy (non-hydrogen) atoms. The van der Waals surface area contributed by atoms with Gasteiger partial charge in [0, 0.05) is 26.2 Å². The molecule has 1 fully saturated rings. The molecule has 0 bridgehead atoms. The number of amides is 1. The average Bonchev–Trinajstić information content (AvgIpc) is 2.30. The summed E-state index contributed by atoms with van der Waals surface area (Å²) >= 11 is 0. The molecule has 2 N–H and O–H groups in total. The molecule has 1 unspecified atom stereocenters. The molecule has 0 radical (unpaired) electrons. The third kappa shape index (κ3) is 4.32. The second-order valence-corrected chi connectivity index (χ2v) is 3.89. The van der Waals surface area contributed by atoms with Crippen molar-refractivity contribution in [1.82, 2.24) is 15.5 Å². The molecule has 0 spiro atoms. The minimum absolute atomic E-state index is 0.0380. The molecule has 1 aliphatic rings. The van der Waals surface area contributed by atoms with Crippen molar-refractivity contribution in [2.75, 3.05) is 39.3 Å². The number of esters is 1. The van der Waals surface area contributed by atoms with Gasteiger partial charge in [-0.2, -0.15) is 0 Å². The van der Waals surface area contributed by atoms with Gasteiger partial charge in [-0.15, -0.1) is 0 Å². The Morgan fingerprint density at radius 3 is 2.88 bits per heavy atom. The number of nitrogens with zero attached hydrogens (tertiary/aromatic N) is 1. The lowest BCUT2D eigenvalue weighted by molar-refractivity contribution is -0.146. The highest BCUT2D eigenvalue weighted by molar-refractivity contribution is 5.83. The lowest BCUT2D eigenvalue weighted by Gasteiger charge is -2.34. The first-order chi connectivity index (χ1) is 8.19. The number of carbonyl (C=O) groups is 2. The maximum Gasteiger partial charge on any atom is 0.320 e. The zero-order valence-electron chi connectivity index (χ0n) is 10.5. The van der Waals surface area contributed by atoms with Crippen LogP contribution in [0.2, 0.25) is 0 Å². The summed E-state index contributed by atoms with van der Waals surface area (Å²) in [5.74, 6) is -0.312. The fraction of sp³-hybridized carbons (Fsp3) is 0.818. The summed E-state index contributed by atoms with van der Waals surface area (Å²) in [7, 11) is 0. The number of carbonyl (C=O) groups excluding carboxylic acids is 2. The molecule has 0 aliphatic carbocycles. The largest absolute Gasteiger partial charge is 0.465 e. The summed E-state index contributed by atoms with van der Waals surface area (Å²) < 4.78 is 4.90. The van der Waals surface area contributed by atoms with Gasteiger partial charge in [0.05, 0.1) is 13.2 Å². The van der Waals surface area contributed by atoms with E-state index in [2.05, 4.69) is 10.6 Å². The molecule has 1 amide bonds. The number of piperazine rings is 1. The van der Waals surface area contributed by atoms with E-state index < -0.39 is 0 Å². The Labute approximate surface area is 102 Å². The predicted octanol–water partition coefficient (Wildman–Crippen LogP) is -1.04. The number of ether oxygens (including phenoxy) is 1. The SMILES string of the molecule is CCNC(=O)C1CNCCN1CC(=O)OCC. The van der Waals surface area contributed by atoms with Crippen LogP contribution < -0.4 is 10.6 Å². The predicted molar refractivity (Wildman–Crippen MR) is 63.5 cm³/mol. The second kappa shape index (κ2) is 7.24. The topological polar surface area (TPSA) is 70.7 Å². The van der Waals surface area contributed by atoms with Crippen LogP contribution in [0.15, 0.2) is 0 Å². The second-order valence-electron chi connectivity index (χ2n) is 3.89. The Hall–Kier alpha value is -1.14. The van der Waals surface area contributed by atoms with Crippen LogP contribution in [0.1, 0.15) is 13.8 Å². The Balaban J connectivity index is 2.53. The van der Waals surface area contributed by atoms with Gasteiger partial charge < -0.3 is 15.4 Å². The van der Waals surface area contributed by atoms with E-state index >= 15 is 0 Å². The number of likely N-dealkylation sites (N-methyl/N-ethyl adjacent to an activating group) is 1. The zero-order chi connectivity index (χ0) is 12.7. The summed E-state index contributed by atoms with van der Waals surface area (Å²) in [5.41, 5.74) is 0. The first-order valence-corrected chi connectivity index (χ1v) is 6.07. The van der Waals surface area contributed by atoms with Crippen LogP contribution in [-0.2, 0) is 14.3 Å². The molecule has 1 heterocycles. The van der Waals surface area contributed by atoms with Crippen LogP contribution in [-0.4, -0.2) is 62.1 Å². The molecule has 1 atom stereocenters. The minimum atomic E-state index is -0.284. The smallest absolute Gasteiger partial charge is 0.320 e. The summed E-state index contributed by atoms with van der Waals surface area (Å²) in [6.07, 6.45) is 0. The van der Waals surface area contributed by atoms with Crippen LogP contribution in [0.4, 0.5) is 0 Å². The van der Waals surface area contributed by atoms with Crippen LogP contribution >= 0.6 is 0 Å². The Morgan fingerprint density at radius 2 is 2.24 bits per heavy atom. The van der Waals surface area contributed by atoms with Crippen LogP contribution in [0.3, 0.4) is 0 Å². The van der Waals surface area contributed by atoms with E-state index in [1.807, 2.05) is 11.8 Å². The van der Waals surface area contributed by atoms with Crippen molar-refractivity contribution < 1.29 is 14.3 Å². The molecule has 98 valence electrons. The van der Waals surface area contributed by atoms with E-state index in [-0.39, 0.29) is 24.5 Å². The van der Waals surface area contributed by atoms with Crippen LogP contribution in [0.5, 0.6) is 0 Å². The average molecular weight is 243 g/mol. The van der Waals surface area contributed by atoms with Gasteiger partial charge in [-0.25, -0.2) is 0 Å². The van der Waals surface area contributed by atoms with E-state index in [0.29, 0.717) is 26.2 Å². The van der Waals surface area contributed by atoms with Crippen molar-refractivity contribution in [3.05, 3.63) is 0 Å². The molecule has 1 aliphatic heterocycles. The fourth-order valence-electron chi connectivity index (χ4n) is 1.86. The molecule has 1 saturated heterocycles. The molecular weight excluding hydrogens is 222 g/mol. The van der Waals surface area contributed by atoms with Crippen molar-refractivity contribution in [3.63, 3.8) is 0 Å². The molecule has 6 nitrogen and oxygen atoms in total. The highest BCUT2D eigenvalue weighted by atomic mass is 16.5. The van der Waals surface area contributed by atoms with E-state index in [1.54, 1.807) is 6.92 Å². The summed E-state index contributed by atoms with van der Waals surface area (Å²) in [6.45, 7) is 6.85. The monoisotopic (exact) mass is 243 g/mol. The zero-order valence-corrected chi connectivity index (χ0v) is 10.5. The first kappa shape index (κ1) is 13.9. The number of nitrogens with one attached hydrogen (secondary N) is 2. The number of hydrogen-bond acceptors (Lipinski definition) is 5. The van der Waals surface area contributed by atoms with E-state index in [1.165, 1.54) is 0 Å². The standard InChI is InChI=1S/C11H21N3O3/c1-3-13-11(16)9-7-12-5-6-14(9)8-10(15)17-4-2/h9,12H,3-8H2,1-2H3,(H,13,16). The van der Waals surface area contributed by atoms with E-state index in [4.69, 9.17) is 4.74 Å². The minimum Gasteiger partial charge on any atom is -0.465 e. The van der Waals surface area contributed by atoms with E-state index in [9.17, 15) is 9.59 Å². The van der Waals surface area contributed by atoms with Gasteiger partial charge >= 0.3 is 5.97 Å². The van der Waals surface area contributed by atoms with Crippen molar-refractivity contribution >= 4 is 11.9 Å². The summed E-state index contributed by atoms with van der Waals surface area (Å²) in [6, 6.07) is -0.284. The van der Waals surface area contributed by atoms with Gasteiger partial charge in [0.25, 0.3) is 0 Å². The van der Waals surface area contributed by atoms with Gasteiger partial charge in [0.2, 0.25) is 5.91 Å². The quantitative estimate of drug-likeness (QED) is 0.604. The highest BCUT2D eigenvalue weighted by Gasteiger charge is 2.29. The lowest BCUT2D eigenvalue weighted by atomic mass is 10.1. The third-order valence-electron chi connectivity index (χ3n) is 2.65. The van der Waals surface area contributed by atoms with Crippen molar-refractivity contribution in [3.8, 4) is 0 Å². The first-order valence-electron chi connectivity index (χ1n) is 6.07. The number of rotatable bonds is 5. The molecule has 0 aromatic rings. The van der Waals surface area contributed by atoms with Crippen molar-refractivity contribution in [2.45, 2.75) is 19.9 Å². The van der Waals surface area contributed by atoms with Crippen LogP contribution in [0, 0.1) is 0 Å². The lowest BCUT2D eigenvalue weighted by Crippen LogP contribution is -2.58. The fourth-order valence-corrected chi connectivity index (χ4v) is 1.86. The third-order valence-corrected chi connectivity index (χ3v) is 2.65. The molecule has 1 rings (SSSR count). The van der Waals surface area contributed by atoms with Crippen LogP contribution in [0.25, 0.3) is 0 Å². The van der Waals surface area contributed by atoms with Crippen molar-refractivity contribution in [1.29, 1.82) is 0 Å². The molecule has 6 heteroatoms. The van der Waals surface area contributed by atoms with Crippen molar-refractivity contribution in [2.24, 2.45) is 0 Å². The van der Waals surface area contributed by atoms with Gasteiger partial charge in [0.15, 0.2) is 0 Å². The summed E-state index contributed by atoms with van der Waals surface area (Å²) in [5, 5.41) is 5.93. The Kier molecular flexibility index (Phi) is 5.93. The van der Waals surface area contributed by atoms with Gasteiger partial charge in [-0.3, -0.25) is 14.5 Å². The molecule has 0 aromatic heterocycles.